The number of hydrogen-bond donors (Lipinski definition) is 0. The predicted molar refractivity (Wildman–Crippen MR) is 107 cm³/mol. The molecule has 0 saturated carbocycles. The minimum absolute atomic E-state index is 0.0625. The molecule has 0 unspecified atom stereocenters. The lowest BCUT2D eigenvalue weighted by molar-refractivity contribution is -0.380. The maximum absolute atomic E-state index is 12.8. The highest BCUT2D eigenvalue weighted by Crippen LogP contribution is 2.25. The van der Waals surface area contributed by atoms with Gasteiger partial charge in [-0.1, -0.05) is 72.0 Å². The highest BCUT2D eigenvalue weighted by Gasteiger charge is 2.13. The van der Waals surface area contributed by atoms with Crippen molar-refractivity contribution in [3.05, 3.63) is 105 Å². The van der Waals surface area contributed by atoms with Crippen LogP contribution in [0.3, 0.4) is 0 Å². The molecule has 3 rings (SSSR count). The maximum Gasteiger partial charge on any atom is 0.324 e. The van der Waals surface area contributed by atoms with Crippen molar-refractivity contribution in [1.82, 2.24) is 4.90 Å². The fraction of sp³-hybridized carbons (Fsp3) is 0.0952. The van der Waals surface area contributed by atoms with Crippen LogP contribution in [-0.2, 0) is 17.9 Å². The number of nitrogens with zero attached hydrogens (tertiary/aromatic N) is 2. The highest BCUT2D eigenvalue weighted by molar-refractivity contribution is 7.16. The van der Waals surface area contributed by atoms with E-state index >= 15 is 0 Å². The molecule has 0 bridgehead atoms. The summed E-state index contributed by atoms with van der Waals surface area (Å²) in [7, 11) is 0. The molecule has 5 nitrogen and oxygen atoms in total. The van der Waals surface area contributed by atoms with E-state index in [0.717, 1.165) is 22.5 Å². The van der Waals surface area contributed by atoms with Crippen LogP contribution in [0.4, 0.5) is 5.00 Å². The van der Waals surface area contributed by atoms with Crippen molar-refractivity contribution >= 4 is 28.3 Å². The van der Waals surface area contributed by atoms with Crippen LogP contribution in [0, 0.1) is 10.1 Å². The molecule has 0 spiro atoms. The van der Waals surface area contributed by atoms with Crippen molar-refractivity contribution in [3.8, 4) is 0 Å². The first kappa shape index (κ1) is 18.5. The second-order valence-electron chi connectivity index (χ2n) is 5.93. The molecule has 136 valence electrons. The Balaban J connectivity index is 1.76. The lowest BCUT2D eigenvalue weighted by Gasteiger charge is -2.21. The zero-order valence-corrected chi connectivity index (χ0v) is 15.3. The molecule has 27 heavy (non-hydrogen) atoms. The van der Waals surface area contributed by atoms with Gasteiger partial charge in [0.15, 0.2) is 0 Å². The molecule has 0 saturated heterocycles. The van der Waals surface area contributed by atoms with Gasteiger partial charge in [-0.3, -0.25) is 14.9 Å². The summed E-state index contributed by atoms with van der Waals surface area (Å²) in [5.74, 6) is -0.140. The molecule has 6 heteroatoms. The van der Waals surface area contributed by atoms with E-state index in [4.69, 9.17) is 0 Å². The SMILES string of the molecule is O=C(C=Cc1ccc([N+](=O)[O-])s1)N(Cc1ccccc1)Cc1ccccc1. The summed E-state index contributed by atoms with van der Waals surface area (Å²) in [6, 6.07) is 22.7. The van der Waals surface area contributed by atoms with Crippen molar-refractivity contribution < 1.29 is 9.72 Å². The molecule has 1 aromatic heterocycles. The zero-order chi connectivity index (χ0) is 19.1. The van der Waals surface area contributed by atoms with Gasteiger partial charge >= 0.3 is 5.00 Å². The van der Waals surface area contributed by atoms with E-state index in [1.165, 1.54) is 12.1 Å². The van der Waals surface area contributed by atoms with Crippen LogP contribution < -0.4 is 0 Å². The summed E-state index contributed by atoms with van der Waals surface area (Å²) in [5.41, 5.74) is 2.09. The van der Waals surface area contributed by atoms with E-state index in [2.05, 4.69) is 0 Å². The third-order valence-electron chi connectivity index (χ3n) is 3.93. The van der Waals surface area contributed by atoms with Gasteiger partial charge in [0.05, 0.1) is 4.92 Å². The Hall–Kier alpha value is -3.25. The van der Waals surface area contributed by atoms with E-state index in [-0.39, 0.29) is 10.9 Å². The van der Waals surface area contributed by atoms with Crippen LogP contribution in [0.2, 0.25) is 0 Å². The van der Waals surface area contributed by atoms with Crippen molar-refractivity contribution in [3.63, 3.8) is 0 Å². The fourth-order valence-corrected chi connectivity index (χ4v) is 3.33. The minimum atomic E-state index is -0.430. The quantitative estimate of drug-likeness (QED) is 0.334. The van der Waals surface area contributed by atoms with Crippen LogP contribution in [0.25, 0.3) is 6.08 Å². The normalized spacial score (nSPS) is 10.8. The minimum Gasteiger partial charge on any atom is -0.331 e. The number of benzene rings is 2. The molecule has 1 amide bonds. The van der Waals surface area contributed by atoms with Crippen molar-refractivity contribution in [2.24, 2.45) is 0 Å². The summed E-state index contributed by atoms with van der Waals surface area (Å²) >= 11 is 1.05. The number of thiophene rings is 1. The van der Waals surface area contributed by atoms with Gasteiger partial charge in [-0.05, 0) is 23.3 Å². The summed E-state index contributed by atoms with van der Waals surface area (Å²) in [6.45, 7) is 0.979. The van der Waals surface area contributed by atoms with Crippen molar-refractivity contribution in [2.45, 2.75) is 13.1 Å². The van der Waals surface area contributed by atoms with Gasteiger partial charge in [0, 0.05) is 30.1 Å². The predicted octanol–water partition coefficient (Wildman–Crippen LogP) is 4.90. The molecule has 0 atom stereocenters. The summed E-state index contributed by atoms with van der Waals surface area (Å²) in [4.78, 5) is 25.6. The summed E-state index contributed by atoms with van der Waals surface area (Å²) in [5, 5.41) is 10.8. The van der Waals surface area contributed by atoms with Crippen molar-refractivity contribution in [1.29, 1.82) is 0 Å². The number of carbonyl (C=O) groups excluding carboxylic acids is 1. The van der Waals surface area contributed by atoms with E-state index in [9.17, 15) is 14.9 Å². The molecule has 0 aliphatic rings. The number of rotatable bonds is 7. The molecule has 0 radical (unpaired) electrons. The maximum atomic E-state index is 12.8. The smallest absolute Gasteiger partial charge is 0.324 e. The number of nitro groups is 1. The second-order valence-corrected chi connectivity index (χ2v) is 7.03. The second kappa shape index (κ2) is 8.91. The molecule has 0 N–H and O–H groups in total. The Labute approximate surface area is 161 Å². The van der Waals surface area contributed by atoms with E-state index < -0.39 is 4.92 Å². The van der Waals surface area contributed by atoms with Gasteiger partial charge in [0.1, 0.15) is 0 Å². The molecular weight excluding hydrogens is 360 g/mol. The van der Waals surface area contributed by atoms with E-state index in [1.807, 2.05) is 60.7 Å². The van der Waals surface area contributed by atoms with Gasteiger partial charge in [0.25, 0.3) is 0 Å². The molecule has 1 heterocycles. The van der Waals surface area contributed by atoms with Crippen LogP contribution in [0.15, 0.2) is 78.9 Å². The van der Waals surface area contributed by atoms with Crippen LogP contribution in [-0.4, -0.2) is 15.7 Å². The van der Waals surface area contributed by atoms with Gasteiger partial charge in [-0.2, -0.15) is 0 Å². The standard InChI is InChI=1S/C21H18N2O3S/c24-20(13-11-19-12-14-21(27-19)23(25)26)22(15-17-7-3-1-4-8-17)16-18-9-5-2-6-10-18/h1-14H,15-16H2. The van der Waals surface area contributed by atoms with Gasteiger partial charge < -0.3 is 4.90 Å². The van der Waals surface area contributed by atoms with Gasteiger partial charge in [0.2, 0.25) is 5.91 Å². The number of carbonyl (C=O) groups is 1. The number of amides is 1. The Kier molecular flexibility index (Phi) is 6.12. The number of hydrogen-bond acceptors (Lipinski definition) is 4. The molecule has 0 aliphatic carbocycles. The Bertz CT molecular complexity index is 895. The molecular formula is C21H18N2O3S. The fourth-order valence-electron chi connectivity index (χ4n) is 2.61. The average molecular weight is 378 g/mol. The first-order chi connectivity index (χ1) is 13.1. The highest BCUT2D eigenvalue weighted by atomic mass is 32.1. The van der Waals surface area contributed by atoms with Crippen LogP contribution in [0.5, 0.6) is 0 Å². The Morgan fingerprint density at radius 3 is 1.96 bits per heavy atom. The van der Waals surface area contributed by atoms with Crippen molar-refractivity contribution in [2.75, 3.05) is 0 Å². The Morgan fingerprint density at radius 1 is 0.926 bits per heavy atom. The largest absolute Gasteiger partial charge is 0.331 e. The van der Waals surface area contributed by atoms with Gasteiger partial charge in [-0.25, -0.2) is 0 Å². The summed E-state index contributed by atoms with van der Waals surface area (Å²) < 4.78 is 0. The first-order valence-electron chi connectivity index (χ1n) is 8.41. The lowest BCUT2D eigenvalue weighted by Crippen LogP contribution is -2.28. The zero-order valence-electron chi connectivity index (χ0n) is 14.5. The third kappa shape index (κ3) is 5.36. The monoisotopic (exact) mass is 378 g/mol. The van der Waals surface area contributed by atoms with E-state index in [1.54, 1.807) is 17.0 Å². The topological polar surface area (TPSA) is 63.4 Å². The Morgan fingerprint density at radius 2 is 1.48 bits per heavy atom. The molecule has 0 aliphatic heterocycles. The average Bonchev–Trinajstić information content (AvgIpc) is 3.17. The van der Waals surface area contributed by atoms with Crippen LogP contribution in [0.1, 0.15) is 16.0 Å². The molecule has 2 aromatic carbocycles. The van der Waals surface area contributed by atoms with Gasteiger partial charge in [-0.15, -0.1) is 0 Å². The van der Waals surface area contributed by atoms with Crippen LogP contribution >= 0.6 is 11.3 Å². The summed E-state index contributed by atoms with van der Waals surface area (Å²) in [6.07, 6.45) is 3.10. The molecule has 3 aromatic rings. The first-order valence-corrected chi connectivity index (χ1v) is 9.22. The molecule has 0 fully saturated rings. The third-order valence-corrected chi connectivity index (χ3v) is 4.93. The van der Waals surface area contributed by atoms with E-state index in [0.29, 0.717) is 18.0 Å². The lowest BCUT2D eigenvalue weighted by atomic mass is 10.1.